The van der Waals surface area contributed by atoms with Crippen molar-refractivity contribution in [3.8, 4) is 0 Å². The van der Waals surface area contributed by atoms with Gasteiger partial charge in [0.1, 0.15) is 0 Å². The zero-order valence-electron chi connectivity index (χ0n) is 9.74. The van der Waals surface area contributed by atoms with Crippen molar-refractivity contribution < 1.29 is 17.1 Å². The molecule has 0 saturated heterocycles. The molecule has 0 bridgehead atoms. The fourth-order valence-corrected chi connectivity index (χ4v) is 0.265. The Kier molecular flexibility index (Phi) is 57.0. The molecule has 0 saturated carbocycles. The number of nitrogens with one attached hydrogen (secondary N) is 6. The van der Waals surface area contributed by atoms with E-state index in [1.807, 2.05) is 0 Å². The third-order valence-corrected chi connectivity index (χ3v) is 1.06. The summed E-state index contributed by atoms with van der Waals surface area (Å²) >= 11 is 0. The van der Waals surface area contributed by atoms with E-state index in [0.29, 0.717) is 39.3 Å². The maximum Gasteiger partial charge on any atom is 0 e. The Hall–Kier alpha value is 0.279. The Morgan fingerprint density at radius 2 is 0.500 bits per heavy atom. The van der Waals surface area contributed by atoms with E-state index in [0.717, 1.165) is 19.3 Å². The Labute approximate surface area is 110 Å². The minimum atomic E-state index is 0. The summed E-state index contributed by atoms with van der Waals surface area (Å²) in [5, 5.41) is 0. The normalized spacial score (nSPS) is 7.88. The van der Waals surface area contributed by atoms with E-state index in [1.54, 1.807) is 0 Å². The molecule has 0 amide bonds. The number of hydrogen-bond donors (Lipinski definition) is 0. The molecular formula is C9H24MnN6-6. The van der Waals surface area contributed by atoms with Crippen LogP contribution in [0, 0.1) is 0 Å². The van der Waals surface area contributed by atoms with Crippen molar-refractivity contribution in [1.82, 2.24) is 0 Å². The fourth-order valence-electron chi connectivity index (χ4n) is 0.265. The molecule has 0 rings (SSSR count). The van der Waals surface area contributed by atoms with Crippen LogP contribution in [0.2, 0.25) is 0 Å². The average Bonchev–Trinajstić information content (AvgIpc) is 2.23. The van der Waals surface area contributed by atoms with Gasteiger partial charge in [-0.25, -0.2) is 0 Å². The molecule has 7 heteroatoms. The summed E-state index contributed by atoms with van der Waals surface area (Å²) in [4.78, 5) is 0. The standard InChI is InChI=1S/3C3H8N2.Mn/c3*4-2-1-3-5;/h3*4-5H,1-3H2;/q3*-2;. The predicted molar refractivity (Wildman–Crippen MR) is 69.0 cm³/mol. The van der Waals surface area contributed by atoms with Crippen molar-refractivity contribution in [2.75, 3.05) is 39.3 Å². The van der Waals surface area contributed by atoms with Crippen LogP contribution in [0.25, 0.3) is 34.4 Å². The van der Waals surface area contributed by atoms with Gasteiger partial charge >= 0.3 is 0 Å². The SMILES string of the molecule is [Mn].[NH-]CCC[NH-].[NH-]CCC[NH-].[NH-]CCC[NH-]. The van der Waals surface area contributed by atoms with Gasteiger partial charge in [0.2, 0.25) is 0 Å². The van der Waals surface area contributed by atoms with Gasteiger partial charge in [0.25, 0.3) is 0 Å². The van der Waals surface area contributed by atoms with Crippen molar-refractivity contribution >= 4 is 0 Å². The van der Waals surface area contributed by atoms with Crippen LogP contribution >= 0.6 is 0 Å². The van der Waals surface area contributed by atoms with Crippen molar-refractivity contribution in [2.45, 2.75) is 19.3 Å². The minimum absolute atomic E-state index is 0. The maximum atomic E-state index is 6.48. The zero-order valence-corrected chi connectivity index (χ0v) is 10.9. The summed E-state index contributed by atoms with van der Waals surface area (Å²) in [5.74, 6) is 0. The van der Waals surface area contributed by atoms with Crippen LogP contribution in [0.1, 0.15) is 19.3 Å². The van der Waals surface area contributed by atoms with E-state index in [2.05, 4.69) is 0 Å². The number of hydrogen-bond acceptors (Lipinski definition) is 0. The Morgan fingerprint density at radius 1 is 0.375 bits per heavy atom. The zero-order chi connectivity index (χ0) is 12.4. The molecule has 0 heterocycles. The summed E-state index contributed by atoms with van der Waals surface area (Å²) in [6, 6.07) is 0. The van der Waals surface area contributed by atoms with Crippen LogP contribution < -0.4 is 0 Å². The number of rotatable bonds is 6. The molecule has 0 atom stereocenters. The van der Waals surface area contributed by atoms with Gasteiger partial charge < -0.3 is 34.4 Å². The largest absolute Gasteiger partial charge is 0.677 e. The van der Waals surface area contributed by atoms with Crippen molar-refractivity contribution in [3.63, 3.8) is 0 Å². The maximum absolute atomic E-state index is 6.48. The summed E-state index contributed by atoms with van der Waals surface area (Å²) in [6.45, 7) is 2.44. The molecule has 0 unspecified atom stereocenters. The van der Waals surface area contributed by atoms with Gasteiger partial charge in [-0.2, -0.15) is 39.3 Å². The van der Waals surface area contributed by atoms with Crippen molar-refractivity contribution in [1.29, 1.82) is 0 Å². The molecule has 103 valence electrons. The summed E-state index contributed by atoms with van der Waals surface area (Å²) in [6.07, 6.45) is 2.17. The topological polar surface area (TPSA) is 143 Å². The van der Waals surface area contributed by atoms with Crippen LogP contribution in [-0.4, -0.2) is 39.3 Å². The van der Waals surface area contributed by atoms with Gasteiger partial charge in [0, 0.05) is 17.1 Å². The molecule has 0 aliphatic rings. The molecule has 0 spiro atoms. The smallest absolute Gasteiger partial charge is 0 e. The Morgan fingerprint density at radius 3 is 0.500 bits per heavy atom. The van der Waals surface area contributed by atoms with Crippen LogP contribution in [0.4, 0.5) is 0 Å². The fraction of sp³-hybridized carbons (Fsp3) is 1.00. The molecular weight excluding hydrogens is 247 g/mol. The second-order valence-electron chi connectivity index (χ2n) is 2.56. The molecule has 0 aliphatic carbocycles. The first-order chi connectivity index (χ1) is 7.24. The van der Waals surface area contributed by atoms with Gasteiger partial charge in [0.15, 0.2) is 0 Å². The third kappa shape index (κ3) is 63.9. The molecule has 0 aromatic rings. The molecule has 0 fully saturated rings. The van der Waals surface area contributed by atoms with Crippen molar-refractivity contribution in [2.24, 2.45) is 0 Å². The second kappa shape index (κ2) is 36.2. The van der Waals surface area contributed by atoms with Crippen molar-refractivity contribution in [3.05, 3.63) is 34.4 Å². The first-order valence-electron chi connectivity index (χ1n) is 5.12. The molecule has 0 aliphatic heterocycles. The van der Waals surface area contributed by atoms with Gasteiger partial charge in [-0.1, -0.05) is 19.3 Å². The third-order valence-electron chi connectivity index (χ3n) is 1.06. The van der Waals surface area contributed by atoms with Crippen LogP contribution in [0.15, 0.2) is 0 Å². The summed E-state index contributed by atoms with van der Waals surface area (Å²) < 4.78 is 0. The van der Waals surface area contributed by atoms with Gasteiger partial charge in [-0.05, 0) is 0 Å². The molecule has 0 aromatic heterocycles. The molecule has 6 N–H and O–H groups in total. The van der Waals surface area contributed by atoms with Crippen LogP contribution in [0.3, 0.4) is 0 Å². The Bertz CT molecular complexity index is 56.8. The van der Waals surface area contributed by atoms with E-state index in [1.165, 1.54) is 0 Å². The van der Waals surface area contributed by atoms with Crippen LogP contribution in [0.5, 0.6) is 0 Å². The average molecular weight is 271 g/mol. The molecule has 16 heavy (non-hydrogen) atoms. The summed E-state index contributed by atoms with van der Waals surface area (Å²) in [5.41, 5.74) is 38.9. The van der Waals surface area contributed by atoms with Gasteiger partial charge in [-0.3, -0.25) is 0 Å². The van der Waals surface area contributed by atoms with E-state index >= 15 is 0 Å². The first kappa shape index (κ1) is 25.2. The van der Waals surface area contributed by atoms with E-state index < -0.39 is 0 Å². The monoisotopic (exact) mass is 271 g/mol. The summed E-state index contributed by atoms with van der Waals surface area (Å²) in [7, 11) is 0. The molecule has 0 aromatic carbocycles. The first-order valence-corrected chi connectivity index (χ1v) is 5.12. The van der Waals surface area contributed by atoms with E-state index in [4.69, 9.17) is 34.4 Å². The minimum Gasteiger partial charge on any atom is -0.677 e. The second-order valence-corrected chi connectivity index (χ2v) is 2.56. The van der Waals surface area contributed by atoms with E-state index in [9.17, 15) is 0 Å². The quantitative estimate of drug-likeness (QED) is 0.629. The van der Waals surface area contributed by atoms with Gasteiger partial charge in [-0.15, -0.1) is 0 Å². The van der Waals surface area contributed by atoms with E-state index in [-0.39, 0.29) is 17.1 Å². The predicted octanol–water partition coefficient (Wildman–Crippen LogP) is 4.44. The Balaban J connectivity index is -0.0000000655. The molecule has 6 nitrogen and oxygen atoms in total. The van der Waals surface area contributed by atoms with Gasteiger partial charge in [0.05, 0.1) is 0 Å². The molecule has 1 radical (unpaired) electrons. The van der Waals surface area contributed by atoms with Crippen LogP contribution in [-0.2, 0) is 17.1 Å².